The van der Waals surface area contributed by atoms with Crippen molar-refractivity contribution in [2.45, 2.75) is 18.2 Å². The van der Waals surface area contributed by atoms with Gasteiger partial charge in [-0.2, -0.15) is 0 Å². The monoisotopic (exact) mass is 275 g/mol. The van der Waals surface area contributed by atoms with E-state index in [0.717, 1.165) is 21.8 Å². The zero-order valence-corrected chi connectivity index (χ0v) is 11.9. The van der Waals surface area contributed by atoms with Crippen molar-refractivity contribution in [3.05, 3.63) is 47.5 Å². The van der Waals surface area contributed by atoms with E-state index in [4.69, 9.17) is 0 Å². The van der Waals surface area contributed by atoms with Crippen LogP contribution in [0.1, 0.15) is 21.7 Å². The summed E-state index contributed by atoms with van der Waals surface area (Å²) in [6.07, 6.45) is 6.20. The van der Waals surface area contributed by atoms with Gasteiger partial charge in [-0.25, -0.2) is 4.98 Å². The van der Waals surface area contributed by atoms with Gasteiger partial charge in [0, 0.05) is 35.8 Å². The molecule has 0 radical (unpaired) electrons. The molecule has 4 nitrogen and oxygen atoms in total. The van der Waals surface area contributed by atoms with E-state index in [0.29, 0.717) is 13.0 Å². The van der Waals surface area contributed by atoms with E-state index in [1.165, 1.54) is 0 Å². The molecule has 1 aromatic carbocycles. The molecule has 0 aliphatic carbocycles. The molecule has 0 atom stereocenters. The standard InChI is InChI=1S/C14H17N3OS/c1-10-3-4-11(19-2)9-12(10)14(18)17-6-5-13-15-7-8-16-13/h3-4,7-9H,5-6H2,1-2H3,(H,15,16)(H,17,18). The van der Waals surface area contributed by atoms with Gasteiger partial charge in [0.15, 0.2) is 0 Å². The third-order valence-electron chi connectivity index (χ3n) is 2.89. The van der Waals surface area contributed by atoms with E-state index in [9.17, 15) is 4.79 Å². The summed E-state index contributed by atoms with van der Waals surface area (Å²) in [5.41, 5.74) is 1.74. The molecule has 0 saturated heterocycles. The minimum Gasteiger partial charge on any atom is -0.352 e. The first-order valence-electron chi connectivity index (χ1n) is 6.12. The number of nitrogens with one attached hydrogen (secondary N) is 2. The molecular weight excluding hydrogens is 258 g/mol. The Morgan fingerprint density at radius 2 is 2.32 bits per heavy atom. The molecule has 0 spiro atoms. The lowest BCUT2D eigenvalue weighted by molar-refractivity contribution is 0.0953. The Kier molecular flexibility index (Phi) is 4.63. The lowest BCUT2D eigenvalue weighted by atomic mass is 10.1. The van der Waals surface area contributed by atoms with Gasteiger partial charge in [0.05, 0.1) is 0 Å². The molecule has 0 unspecified atom stereocenters. The summed E-state index contributed by atoms with van der Waals surface area (Å²) in [4.78, 5) is 20.3. The van der Waals surface area contributed by atoms with Crippen LogP contribution < -0.4 is 5.32 Å². The van der Waals surface area contributed by atoms with Crippen LogP contribution in [0.15, 0.2) is 35.5 Å². The van der Waals surface area contributed by atoms with E-state index in [-0.39, 0.29) is 5.91 Å². The zero-order valence-electron chi connectivity index (χ0n) is 11.1. The van der Waals surface area contributed by atoms with Crippen LogP contribution in [-0.2, 0) is 6.42 Å². The molecule has 1 amide bonds. The normalized spacial score (nSPS) is 10.4. The van der Waals surface area contributed by atoms with Crippen LogP contribution in [0.5, 0.6) is 0 Å². The number of aromatic amines is 1. The van der Waals surface area contributed by atoms with Crippen molar-refractivity contribution in [1.82, 2.24) is 15.3 Å². The van der Waals surface area contributed by atoms with Gasteiger partial charge in [0.1, 0.15) is 5.82 Å². The number of nitrogens with zero attached hydrogens (tertiary/aromatic N) is 1. The predicted octanol–water partition coefficient (Wildman–Crippen LogP) is 2.41. The Morgan fingerprint density at radius 1 is 1.47 bits per heavy atom. The Morgan fingerprint density at radius 3 is 3.00 bits per heavy atom. The van der Waals surface area contributed by atoms with Crippen LogP contribution in [0.4, 0.5) is 0 Å². The quantitative estimate of drug-likeness (QED) is 0.824. The van der Waals surface area contributed by atoms with Crippen molar-refractivity contribution >= 4 is 17.7 Å². The molecule has 0 aliphatic rings. The second-order valence-corrected chi connectivity index (χ2v) is 5.10. The van der Waals surface area contributed by atoms with Crippen molar-refractivity contribution in [3.8, 4) is 0 Å². The fourth-order valence-electron chi connectivity index (χ4n) is 1.80. The maximum atomic E-state index is 12.1. The first-order chi connectivity index (χ1) is 9.20. The SMILES string of the molecule is CSc1ccc(C)c(C(=O)NCCc2ncc[nH]2)c1. The molecule has 0 saturated carbocycles. The Balaban J connectivity index is 1.95. The summed E-state index contributed by atoms with van der Waals surface area (Å²) in [6, 6.07) is 5.94. The fourth-order valence-corrected chi connectivity index (χ4v) is 2.24. The number of carbonyl (C=O) groups excluding carboxylic acids is 1. The van der Waals surface area contributed by atoms with Gasteiger partial charge in [-0.05, 0) is 30.9 Å². The number of rotatable bonds is 5. The summed E-state index contributed by atoms with van der Waals surface area (Å²) in [7, 11) is 0. The van der Waals surface area contributed by atoms with Crippen LogP contribution in [-0.4, -0.2) is 28.7 Å². The molecule has 100 valence electrons. The second-order valence-electron chi connectivity index (χ2n) is 4.22. The first-order valence-corrected chi connectivity index (χ1v) is 7.34. The number of amides is 1. The number of aryl methyl sites for hydroxylation is 1. The van der Waals surface area contributed by atoms with Crippen LogP contribution in [0.3, 0.4) is 0 Å². The maximum absolute atomic E-state index is 12.1. The van der Waals surface area contributed by atoms with Crippen molar-refractivity contribution in [3.63, 3.8) is 0 Å². The number of thioether (sulfide) groups is 1. The number of imidazole rings is 1. The average Bonchev–Trinajstić information content (AvgIpc) is 2.92. The molecule has 19 heavy (non-hydrogen) atoms. The third-order valence-corrected chi connectivity index (χ3v) is 3.62. The van der Waals surface area contributed by atoms with E-state index >= 15 is 0 Å². The van der Waals surface area contributed by atoms with E-state index in [2.05, 4.69) is 15.3 Å². The highest BCUT2D eigenvalue weighted by molar-refractivity contribution is 7.98. The molecule has 0 fully saturated rings. The topological polar surface area (TPSA) is 57.8 Å². The zero-order chi connectivity index (χ0) is 13.7. The number of aromatic nitrogens is 2. The summed E-state index contributed by atoms with van der Waals surface area (Å²) >= 11 is 1.64. The fraction of sp³-hybridized carbons (Fsp3) is 0.286. The summed E-state index contributed by atoms with van der Waals surface area (Å²) < 4.78 is 0. The Bertz CT molecular complexity index is 552. The van der Waals surface area contributed by atoms with Crippen molar-refractivity contribution in [1.29, 1.82) is 0 Å². The molecule has 0 aliphatic heterocycles. The molecule has 2 aromatic rings. The molecule has 1 aromatic heterocycles. The predicted molar refractivity (Wildman–Crippen MR) is 77.6 cm³/mol. The van der Waals surface area contributed by atoms with Crippen molar-refractivity contribution in [2.24, 2.45) is 0 Å². The largest absolute Gasteiger partial charge is 0.352 e. The average molecular weight is 275 g/mol. The first kappa shape index (κ1) is 13.7. The highest BCUT2D eigenvalue weighted by Crippen LogP contribution is 2.18. The van der Waals surface area contributed by atoms with E-state index in [1.807, 2.05) is 31.4 Å². The Labute approximate surface area is 117 Å². The minimum absolute atomic E-state index is 0.0278. The van der Waals surface area contributed by atoms with Gasteiger partial charge in [0.25, 0.3) is 5.91 Å². The van der Waals surface area contributed by atoms with Gasteiger partial charge in [-0.1, -0.05) is 6.07 Å². The third kappa shape index (κ3) is 3.61. The summed E-state index contributed by atoms with van der Waals surface area (Å²) in [6.45, 7) is 2.53. The molecule has 0 bridgehead atoms. The smallest absolute Gasteiger partial charge is 0.251 e. The van der Waals surface area contributed by atoms with E-state index in [1.54, 1.807) is 24.2 Å². The lowest BCUT2D eigenvalue weighted by Gasteiger charge is -2.08. The lowest BCUT2D eigenvalue weighted by Crippen LogP contribution is -2.26. The van der Waals surface area contributed by atoms with Crippen LogP contribution >= 0.6 is 11.8 Å². The van der Waals surface area contributed by atoms with Gasteiger partial charge in [0.2, 0.25) is 0 Å². The highest BCUT2D eigenvalue weighted by Gasteiger charge is 2.09. The molecule has 2 rings (SSSR count). The van der Waals surface area contributed by atoms with Gasteiger partial charge >= 0.3 is 0 Å². The maximum Gasteiger partial charge on any atom is 0.251 e. The van der Waals surface area contributed by atoms with Crippen LogP contribution in [0, 0.1) is 6.92 Å². The Hall–Kier alpha value is -1.75. The second kappa shape index (κ2) is 6.43. The number of H-pyrrole nitrogens is 1. The van der Waals surface area contributed by atoms with Crippen molar-refractivity contribution < 1.29 is 4.79 Å². The van der Waals surface area contributed by atoms with Gasteiger partial charge in [-0.3, -0.25) is 4.79 Å². The summed E-state index contributed by atoms with van der Waals surface area (Å²) in [5, 5.41) is 2.92. The number of benzene rings is 1. The highest BCUT2D eigenvalue weighted by atomic mass is 32.2. The number of carbonyl (C=O) groups is 1. The molecular formula is C14H17N3OS. The van der Waals surface area contributed by atoms with Crippen molar-refractivity contribution in [2.75, 3.05) is 12.8 Å². The van der Waals surface area contributed by atoms with Gasteiger partial charge < -0.3 is 10.3 Å². The number of hydrogen-bond donors (Lipinski definition) is 2. The number of hydrogen-bond acceptors (Lipinski definition) is 3. The molecule has 1 heterocycles. The van der Waals surface area contributed by atoms with Crippen LogP contribution in [0.2, 0.25) is 0 Å². The molecule has 5 heteroatoms. The van der Waals surface area contributed by atoms with Crippen LogP contribution in [0.25, 0.3) is 0 Å². The van der Waals surface area contributed by atoms with E-state index < -0.39 is 0 Å². The minimum atomic E-state index is -0.0278. The van der Waals surface area contributed by atoms with Gasteiger partial charge in [-0.15, -0.1) is 11.8 Å². The summed E-state index contributed by atoms with van der Waals surface area (Å²) in [5.74, 6) is 0.856. The molecule has 2 N–H and O–H groups in total.